The second kappa shape index (κ2) is 9.38. The van der Waals surface area contributed by atoms with Gasteiger partial charge in [-0.1, -0.05) is 18.5 Å². The molecule has 0 N–H and O–H groups in total. The number of benzene rings is 2. The lowest BCUT2D eigenvalue weighted by Crippen LogP contribution is -2.29. The van der Waals surface area contributed by atoms with Gasteiger partial charge in [-0.15, -0.1) is 0 Å². The molecule has 2 fully saturated rings. The predicted molar refractivity (Wildman–Crippen MR) is 136 cm³/mol. The highest BCUT2D eigenvalue weighted by molar-refractivity contribution is 7.88. The van der Waals surface area contributed by atoms with Gasteiger partial charge in [0.25, 0.3) is 0 Å². The Bertz CT molecular complexity index is 1400. The van der Waals surface area contributed by atoms with Gasteiger partial charge < -0.3 is 14.0 Å². The van der Waals surface area contributed by atoms with Crippen molar-refractivity contribution in [1.29, 1.82) is 5.26 Å². The number of rotatable bonds is 7. The van der Waals surface area contributed by atoms with Crippen LogP contribution in [0.2, 0.25) is 5.02 Å². The average Bonchev–Trinajstić information content (AvgIpc) is 3.50. The second-order valence-corrected chi connectivity index (χ2v) is 11.9. The predicted octanol–water partition coefficient (Wildman–Crippen LogP) is 4.99. The maximum Gasteiger partial charge on any atom is 0.211 e. The van der Waals surface area contributed by atoms with Crippen LogP contribution in [0.15, 0.2) is 42.6 Å². The zero-order valence-electron chi connectivity index (χ0n) is 19.8. The Morgan fingerprint density at radius 2 is 1.89 bits per heavy atom. The van der Waals surface area contributed by atoms with E-state index in [0.29, 0.717) is 47.9 Å². The molecule has 2 aliphatic rings. The highest BCUT2D eigenvalue weighted by Crippen LogP contribution is 2.41. The van der Waals surface area contributed by atoms with Crippen LogP contribution < -0.4 is 9.47 Å². The van der Waals surface area contributed by atoms with Crippen molar-refractivity contribution in [2.45, 2.75) is 32.3 Å². The molecule has 184 valence electrons. The van der Waals surface area contributed by atoms with Crippen molar-refractivity contribution in [3.8, 4) is 23.3 Å². The van der Waals surface area contributed by atoms with Crippen molar-refractivity contribution in [3.63, 3.8) is 0 Å². The monoisotopic (exact) mass is 513 g/mol. The standard InChI is InChI=1S/C26H28ClN3O4S/c1-3-8-33-26-18(14-28)9-21(13-24(26)27)30-7-6-17-10-22(4-5-25(17)30)34-23-11-19-15-29(35(2,31)32)16-20(19)12-23/h4-7,9-10,13,19-20,23H,3,8,11-12,15-16H2,1-2H3/t19-,20+,23?. The lowest BCUT2D eigenvalue weighted by atomic mass is 10.0. The third kappa shape index (κ3) is 4.73. The quantitative estimate of drug-likeness (QED) is 0.444. The van der Waals surface area contributed by atoms with Crippen LogP contribution in [-0.4, -0.2) is 49.3 Å². The summed E-state index contributed by atoms with van der Waals surface area (Å²) in [7, 11) is -3.12. The zero-order valence-corrected chi connectivity index (χ0v) is 21.3. The summed E-state index contributed by atoms with van der Waals surface area (Å²) in [6.45, 7) is 3.70. The molecule has 0 amide bonds. The van der Waals surface area contributed by atoms with Crippen molar-refractivity contribution >= 4 is 32.5 Å². The third-order valence-corrected chi connectivity index (χ3v) is 8.50. The summed E-state index contributed by atoms with van der Waals surface area (Å²) in [6.07, 6.45) is 5.91. The number of halogens is 1. The van der Waals surface area contributed by atoms with Crippen LogP contribution in [-0.2, 0) is 10.0 Å². The minimum Gasteiger partial charge on any atom is -0.491 e. The number of ether oxygens (including phenoxy) is 2. The number of hydrogen-bond donors (Lipinski definition) is 0. The summed E-state index contributed by atoms with van der Waals surface area (Å²) in [4.78, 5) is 0. The molecule has 1 saturated carbocycles. The molecule has 35 heavy (non-hydrogen) atoms. The van der Waals surface area contributed by atoms with Crippen LogP contribution in [0.5, 0.6) is 11.5 Å². The number of sulfonamides is 1. The van der Waals surface area contributed by atoms with Gasteiger partial charge in [0.2, 0.25) is 10.0 Å². The lowest BCUT2D eigenvalue weighted by molar-refractivity contribution is 0.195. The van der Waals surface area contributed by atoms with Crippen molar-refractivity contribution in [2.75, 3.05) is 26.0 Å². The number of aromatic nitrogens is 1. The Hall–Kier alpha value is -2.73. The first-order chi connectivity index (χ1) is 16.8. The van der Waals surface area contributed by atoms with Crippen LogP contribution >= 0.6 is 11.6 Å². The van der Waals surface area contributed by atoms with E-state index in [1.54, 1.807) is 10.4 Å². The summed E-state index contributed by atoms with van der Waals surface area (Å²) >= 11 is 6.47. The fourth-order valence-electron chi connectivity index (χ4n) is 5.33. The van der Waals surface area contributed by atoms with E-state index in [0.717, 1.165) is 41.6 Å². The molecule has 3 atom stereocenters. The minimum atomic E-state index is -3.12. The van der Waals surface area contributed by atoms with Gasteiger partial charge >= 0.3 is 0 Å². The van der Waals surface area contributed by atoms with Crippen LogP contribution in [0, 0.1) is 23.2 Å². The van der Waals surface area contributed by atoms with E-state index in [9.17, 15) is 13.7 Å². The Morgan fingerprint density at radius 1 is 1.14 bits per heavy atom. The van der Waals surface area contributed by atoms with Gasteiger partial charge in [0.1, 0.15) is 11.8 Å². The maximum absolute atomic E-state index is 11.8. The largest absolute Gasteiger partial charge is 0.491 e. The molecule has 5 rings (SSSR count). The van der Waals surface area contributed by atoms with Crippen LogP contribution in [0.3, 0.4) is 0 Å². The molecule has 2 aromatic carbocycles. The van der Waals surface area contributed by atoms with E-state index in [1.807, 2.05) is 48.0 Å². The summed E-state index contributed by atoms with van der Waals surface area (Å²) in [6, 6.07) is 13.8. The van der Waals surface area contributed by atoms with Crippen LogP contribution in [0.4, 0.5) is 0 Å². The molecule has 0 bridgehead atoms. The van der Waals surface area contributed by atoms with E-state index in [-0.39, 0.29) is 6.10 Å². The molecule has 0 spiro atoms. The van der Waals surface area contributed by atoms with Gasteiger partial charge in [0.05, 0.1) is 35.1 Å². The molecule has 1 aliphatic heterocycles. The summed E-state index contributed by atoms with van der Waals surface area (Å²) in [5.74, 6) is 1.96. The molecular formula is C26H28ClN3O4S. The van der Waals surface area contributed by atoms with Gasteiger partial charge in [-0.05, 0) is 67.5 Å². The van der Waals surface area contributed by atoms with E-state index in [2.05, 4.69) is 6.07 Å². The topological polar surface area (TPSA) is 84.6 Å². The molecule has 3 aromatic rings. The fraction of sp³-hybridized carbons (Fsp3) is 0.423. The van der Waals surface area contributed by atoms with E-state index in [1.165, 1.54) is 6.26 Å². The van der Waals surface area contributed by atoms with Crippen molar-refractivity contribution in [2.24, 2.45) is 11.8 Å². The first-order valence-corrected chi connectivity index (χ1v) is 14.1. The molecule has 1 saturated heterocycles. The normalized spacial score (nSPS) is 22.3. The summed E-state index contributed by atoms with van der Waals surface area (Å²) < 4.78 is 39.3. The Kier molecular flexibility index (Phi) is 6.43. The summed E-state index contributed by atoms with van der Waals surface area (Å²) in [5, 5.41) is 11.0. The molecule has 7 nitrogen and oxygen atoms in total. The minimum absolute atomic E-state index is 0.0962. The molecule has 1 aromatic heterocycles. The molecule has 0 radical (unpaired) electrons. The Labute approximate surface area is 210 Å². The number of hydrogen-bond acceptors (Lipinski definition) is 5. The van der Waals surface area contributed by atoms with E-state index >= 15 is 0 Å². The number of fused-ring (bicyclic) bond motifs is 2. The third-order valence-electron chi connectivity index (χ3n) is 6.99. The highest BCUT2D eigenvalue weighted by Gasteiger charge is 2.44. The first-order valence-electron chi connectivity index (χ1n) is 11.9. The first kappa shape index (κ1) is 24.0. The maximum atomic E-state index is 11.8. The second-order valence-electron chi connectivity index (χ2n) is 9.48. The van der Waals surface area contributed by atoms with Gasteiger partial charge in [-0.3, -0.25) is 0 Å². The van der Waals surface area contributed by atoms with Gasteiger partial charge in [0, 0.05) is 30.4 Å². The summed E-state index contributed by atoms with van der Waals surface area (Å²) in [5.41, 5.74) is 2.17. The fourth-order valence-corrected chi connectivity index (χ4v) is 6.52. The molecule has 2 heterocycles. The smallest absolute Gasteiger partial charge is 0.211 e. The average molecular weight is 514 g/mol. The van der Waals surface area contributed by atoms with Gasteiger partial charge in [-0.2, -0.15) is 5.26 Å². The van der Waals surface area contributed by atoms with Crippen LogP contribution in [0.1, 0.15) is 31.7 Å². The molecule has 1 aliphatic carbocycles. The lowest BCUT2D eigenvalue weighted by Gasteiger charge is -2.18. The Balaban J connectivity index is 1.33. The van der Waals surface area contributed by atoms with Crippen molar-refractivity contribution < 1.29 is 17.9 Å². The SMILES string of the molecule is CCCOc1c(Cl)cc(-n2ccc3cc(OC4C[C@@H]5CN(S(C)(=O)=O)C[C@@H]5C4)ccc32)cc1C#N. The number of nitrogens with zero attached hydrogens (tertiary/aromatic N) is 3. The van der Waals surface area contributed by atoms with Crippen LogP contribution in [0.25, 0.3) is 16.6 Å². The number of nitriles is 1. The van der Waals surface area contributed by atoms with Gasteiger partial charge in [0.15, 0.2) is 5.75 Å². The van der Waals surface area contributed by atoms with E-state index < -0.39 is 10.0 Å². The van der Waals surface area contributed by atoms with E-state index in [4.69, 9.17) is 21.1 Å². The zero-order chi connectivity index (χ0) is 24.7. The van der Waals surface area contributed by atoms with Crippen molar-refractivity contribution in [1.82, 2.24) is 8.87 Å². The molecule has 9 heteroatoms. The molecule has 1 unspecified atom stereocenters. The molecular weight excluding hydrogens is 486 g/mol. The Morgan fingerprint density at radius 3 is 2.54 bits per heavy atom. The van der Waals surface area contributed by atoms with Crippen molar-refractivity contribution in [3.05, 3.63) is 53.2 Å². The highest BCUT2D eigenvalue weighted by atomic mass is 35.5. The van der Waals surface area contributed by atoms with Gasteiger partial charge in [-0.25, -0.2) is 12.7 Å².